The second kappa shape index (κ2) is 10.7. The summed E-state index contributed by atoms with van der Waals surface area (Å²) < 4.78 is 0. The topological polar surface area (TPSA) is 174 Å². The molecular weight excluding hydrogens is 430 g/mol. The Balaban J connectivity index is 2.04. The van der Waals surface area contributed by atoms with E-state index in [0.717, 1.165) is 6.07 Å². The quantitative estimate of drug-likeness (QED) is 0.348. The summed E-state index contributed by atoms with van der Waals surface area (Å²) in [4.78, 5) is 58.3. The molecule has 0 heterocycles. The van der Waals surface area contributed by atoms with Gasteiger partial charge in [-0.05, 0) is 36.8 Å². The number of rotatable bonds is 8. The Kier molecular flexibility index (Phi) is 8.03. The minimum atomic E-state index is -1.19. The fraction of sp³-hybridized carbons (Fsp3) is 0.158. The van der Waals surface area contributed by atoms with Crippen molar-refractivity contribution in [2.45, 2.75) is 18.9 Å². The smallest absolute Gasteiger partial charge is 0.270 e. The Morgan fingerprint density at radius 3 is 2.29 bits per heavy atom. The Hall–Kier alpha value is -3.99. The fourth-order valence-corrected chi connectivity index (χ4v) is 2.56. The van der Waals surface area contributed by atoms with Gasteiger partial charge in [0.15, 0.2) is 0 Å². The van der Waals surface area contributed by atoms with Gasteiger partial charge in [-0.15, -0.1) is 0 Å². The Morgan fingerprint density at radius 1 is 1.00 bits per heavy atom. The molecule has 31 heavy (non-hydrogen) atoms. The van der Waals surface area contributed by atoms with E-state index in [0.29, 0.717) is 5.02 Å². The van der Waals surface area contributed by atoms with Crippen LogP contribution in [0, 0.1) is 10.1 Å². The van der Waals surface area contributed by atoms with Crippen molar-refractivity contribution in [3.8, 4) is 0 Å². The van der Waals surface area contributed by atoms with Gasteiger partial charge in [0, 0.05) is 34.7 Å². The number of carbonyl (C=O) groups is 4. The van der Waals surface area contributed by atoms with E-state index < -0.39 is 34.6 Å². The van der Waals surface area contributed by atoms with E-state index in [1.807, 2.05) is 0 Å². The van der Waals surface area contributed by atoms with E-state index in [1.54, 1.807) is 0 Å². The molecule has 0 spiro atoms. The van der Waals surface area contributed by atoms with Gasteiger partial charge in [0.05, 0.1) is 4.92 Å². The molecular formula is C19H18ClN5O6. The number of hydrogen-bond donors (Lipinski definition) is 4. The third-order valence-electron chi connectivity index (χ3n) is 4.03. The van der Waals surface area contributed by atoms with Crippen LogP contribution >= 0.6 is 11.6 Å². The average molecular weight is 448 g/mol. The zero-order chi connectivity index (χ0) is 23.0. The molecule has 5 N–H and O–H groups in total. The van der Waals surface area contributed by atoms with Crippen molar-refractivity contribution in [3.63, 3.8) is 0 Å². The summed E-state index contributed by atoms with van der Waals surface area (Å²) in [5.74, 6) is -2.91. The molecule has 4 amide bonds. The second-order valence-corrected chi connectivity index (χ2v) is 6.73. The van der Waals surface area contributed by atoms with Crippen LogP contribution in [-0.4, -0.2) is 34.6 Å². The Bertz CT molecular complexity index is 1010. The minimum absolute atomic E-state index is 0.0617. The molecule has 11 nitrogen and oxygen atoms in total. The standard InChI is InChI=1S/C19H18ClN5O6/c20-13-6-4-11(5-7-13)17(27)22-15(8-9-16(21)26)19(29)24-23-18(28)12-2-1-3-14(10-12)25(30)31/h1-7,10,15H,8-9H2,(H2,21,26)(H,22,27)(H,23,28)(H,24,29)/t15-/m1/s1. The van der Waals surface area contributed by atoms with Crippen LogP contribution in [0.15, 0.2) is 48.5 Å². The second-order valence-electron chi connectivity index (χ2n) is 6.29. The van der Waals surface area contributed by atoms with Crippen LogP contribution < -0.4 is 21.9 Å². The van der Waals surface area contributed by atoms with Gasteiger partial charge in [-0.1, -0.05) is 17.7 Å². The maximum atomic E-state index is 12.5. The summed E-state index contributed by atoms with van der Waals surface area (Å²) in [5.41, 5.74) is 9.21. The van der Waals surface area contributed by atoms with Crippen molar-refractivity contribution in [1.82, 2.24) is 16.2 Å². The lowest BCUT2D eigenvalue weighted by Crippen LogP contribution is -2.52. The molecule has 0 aliphatic carbocycles. The zero-order valence-corrected chi connectivity index (χ0v) is 16.7. The zero-order valence-electron chi connectivity index (χ0n) is 16.0. The maximum absolute atomic E-state index is 12.5. The van der Waals surface area contributed by atoms with Crippen LogP contribution in [0.1, 0.15) is 33.6 Å². The number of nitro groups is 1. The number of amides is 4. The van der Waals surface area contributed by atoms with Gasteiger partial charge in [0.1, 0.15) is 6.04 Å². The Labute approximate surface area is 181 Å². The molecule has 0 aromatic heterocycles. The number of benzene rings is 2. The van der Waals surface area contributed by atoms with Gasteiger partial charge >= 0.3 is 0 Å². The number of nitro benzene ring substituents is 1. The van der Waals surface area contributed by atoms with Gasteiger partial charge < -0.3 is 11.1 Å². The molecule has 0 saturated carbocycles. The van der Waals surface area contributed by atoms with Gasteiger partial charge in [-0.3, -0.25) is 40.1 Å². The van der Waals surface area contributed by atoms with E-state index in [-0.39, 0.29) is 29.7 Å². The van der Waals surface area contributed by atoms with Crippen molar-refractivity contribution in [2.24, 2.45) is 5.73 Å². The molecule has 162 valence electrons. The largest absolute Gasteiger partial charge is 0.370 e. The number of carbonyl (C=O) groups excluding carboxylic acids is 4. The molecule has 0 saturated heterocycles. The summed E-state index contributed by atoms with van der Waals surface area (Å²) in [7, 11) is 0. The fourth-order valence-electron chi connectivity index (χ4n) is 2.44. The number of nitrogens with zero attached hydrogens (tertiary/aromatic N) is 1. The predicted molar refractivity (Wildman–Crippen MR) is 110 cm³/mol. The lowest BCUT2D eigenvalue weighted by Gasteiger charge is -2.18. The summed E-state index contributed by atoms with van der Waals surface area (Å²) in [6, 6.07) is 9.58. The van der Waals surface area contributed by atoms with Crippen LogP contribution in [0.3, 0.4) is 0 Å². The SMILES string of the molecule is NC(=O)CC[C@@H](NC(=O)c1ccc(Cl)cc1)C(=O)NNC(=O)c1cccc([N+](=O)[O-])c1. The summed E-state index contributed by atoms with van der Waals surface area (Å²) in [5, 5.41) is 13.7. The molecule has 12 heteroatoms. The van der Waals surface area contributed by atoms with Crippen molar-refractivity contribution in [2.75, 3.05) is 0 Å². The first kappa shape index (κ1) is 23.3. The van der Waals surface area contributed by atoms with Gasteiger partial charge in [-0.25, -0.2) is 0 Å². The molecule has 2 aromatic carbocycles. The number of hydrogen-bond acceptors (Lipinski definition) is 6. The van der Waals surface area contributed by atoms with Crippen molar-refractivity contribution in [3.05, 3.63) is 74.8 Å². The normalized spacial score (nSPS) is 11.1. The highest BCUT2D eigenvalue weighted by Crippen LogP contribution is 2.13. The number of nitrogens with one attached hydrogen (secondary N) is 3. The van der Waals surface area contributed by atoms with E-state index in [2.05, 4.69) is 16.2 Å². The maximum Gasteiger partial charge on any atom is 0.270 e. The lowest BCUT2D eigenvalue weighted by molar-refractivity contribution is -0.384. The highest BCUT2D eigenvalue weighted by atomic mass is 35.5. The van der Waals surface area contributed by atoms with Crippen molar-refractivity contribution >= 4 is 40.9 Å². The number of halogens is 1. The van der Waals surface area contributed by atoms with Crippen molar-refractivity contribution in [1.29, 1.82) is 0 Å². The van der Waals surface area contributed by atoms with Crippen LogP contribution in [0.5, 0.6) is 0 Å². The van der Waals surface area contributed by atoms with E-state index in [4.69, 9.17) is 17.3 Å². The van der Waals surface area contributed by atoms with Crippen LogP contribution in [0.25, 0.3) is 0 Å². The van der Waals surface area contributed by atoms with Crippen molar-refractivity contribution < 1.29 is 24.1 Å². The third kappa shape index (κ3) is 7.08. The molecule has 2 aromatic rings. The highest BCUT2D eigenvalue weighted by molar-refractivity contribution is 6.30. The van der Waals surface area contributed by atoms with Crippen LogP contribution in [-0.2, 0) is 9.59 Å². The molecule has 0 fully saturated rings. The van der Waals surface area contributed by atoms with E-state index in [9.17, 15) is 29.3 Å². The molecule has 0 bridgehead atoms. The molecule has 1 atom stereocenters. The summed E-state index contributed by atoms with van der Waals surface area (Å²) in [6.45, 7) is 0. The van der Waals surface area contributed by atoms with Gasteiger partial charge in [0.25, 0.3) is 23.4 Å². The minimum Gasteiger partial charge on any atom is -0.370 e. The van der Waals surface area contributed by atoms with Crippen LogP contribution in [0.2, 0.25) is 5.02 Å². The van der Waals surface area contributed by atoms with E-state index >= 15 is 0 Å². The monoisotopic (exact) mass is 447 g/mol. The molecule has 0 unspecified atom stereocenters. The third-order valence-corrected chi connectivity index (χ3v) is 4.28. The van der Waals surface area contributed by atoms with Gasteiger partial charge in [-0.2, -0.15) is 0 Å². The number of hydrazine groups is 1. The Morgan fingerprint density at radius 2 is 1.68 bits per heavy atom. The van der Waals surface area contributed by atoms with Gasteiger partial charge in [0.2, 0.25) is 5.91 Å². The number of nitrogens with two attached hydrogens (primary N) is 1. The predicted octanol–water partition coefficient (Wildman–Crippen LogP) is 1.07. The molecule has 0 aliphatic heterocycles. The number of non-ortho nitro benzene ring substituents is 1. The molecule has 2 rings (SSSR count). The van der Waals surface area contributed by atoms with Crippen LogP contribution in [0.4, 0.5) is 5.69 Å². The van der Waals surface area contributed by atoms with E-state index in [1.165, 1.54) is 42.5 Å². The summed E-state index contributed by atoms with van der Waals surface area (Å²) >= 11 is 5.78. The number of primary amides is 1. The molecule has 0 aliphatic rings. The summed E-state index contributed by atoms with van der Waals surface area (Å²) in [6.07, 6.45) is -0.314. The highest BCUT2D eigenvalue weighted by Gasteiger charge is 2.23. The molecule has 0 radical (unpaired) electrons. The average Bonchev–Trinajstić information content (AvgIpc) is 2.74. The first-order valence-corrected chi connectivity index (χ1v) is 9.24. The first-order valence-electron chi connectivity index (χ1n) is 8.86. The lowest BCUT2D eigenvalue weighted by atomic mass is 10.1. The first-order chi connectivity index (χ1) is 14.7.